The van der Waals surface area contributed by atoms with E-state index in [1.54, 1.807) is 13.3 Å². The molecule has 0 aliphatic rings. The zero-order valence-electron chi connectivity index (χ0n) is 12.1. The first kappa shape index (κ1) is 16.5. The Morgan fingerprint density at radius 3 is 2.81 bits per heavy atom. The SMILES string of the molecule is CCCNC(c1cc(Br)ccc1Br)c1ncccc1OC. The summed E-state index contributed by atoms with van der Waals surface area (Å²) in [7, 11) is 1.67. The quantitative estimate of drug-likeness (QED) is 0.744. The summed E-state index contributed by atoms with van der Waals surface area (Å²) in [5.74, 6) is 0.790. The zero-order chi connectivity index (χ0) is 15.2. The van der Waals surface area contributed by atoms with Crippen LogP contribution in [0.15, 0.2) is 45.5 Å². The number of ether oxygens (including phenoxy) is 1. The summed E-state index contributed by atoms with van der Waals surface area (Å²) in [6.07, 6.45) is 2.85. The molecule has 2 rings (SSSR count). The second-order valence-electron chi connectivity index (χ2n) is 4.64. The Hall–Kier alpha value is -0.910. The first-order valence-corrected chi connectivity index (χ1v) is 8.43. The number of methoxy groups -OCH3 is 1. The molecular weight excluding hydrogens is 396 g/mol. The van der Waals surface area contributed by atoms with Crippen LogP contribution in [0.2, 0.25) is 0 Å². The van der Waals surface area contributed by atoms with Crippen LogP contribution in [0, 0.1) is 0 Å². The highest BCUT2D eigenvalue weighted by molar-refractivity contribution is 9.11. The highest BCUT2D eigenvalue weighted by Crippen LogP contribution is 2.33. The van der Waals surface area contributed by atoms with Gasteiger partial charge in [-0.2, -0.15) is 0 Å². The normalized spacial score (nSPS) is 12.2. The number of pyridine rings is 1. The van der Waals surface area contributed by atoms with Gasteiger partial charge < -0.3 is 10.1 Å². The van der Waals surface area contributed by atoms with Crippen molar-refractivity contribution >= 4 is 31.9 Å². The molecule has 112 valence electrons. The molecule has 0 aliphatic heterocycles. The molecule has 0 radical (unpaired) electrons. The lowest BCUT2D eigenvalue weighted by Gasteiger charge is -2.22. The molecule has 0 saturated carbocycles. The largest absolute Gasteiger partial charge is 0.495 e. The summed E-state index contributed by atoms with van der Waals surface area (Å²) in [5, 5.41) is 3.55. The van der Waals surface area contributed by atoms with E-state index >= 15 is 0 Å². The summed E-state index contributed by atoms with van der Waals surface area (Å²) in [4.78, 5) is 4.53. The Morgan fingerprint density at radius 2 is 2.10 bits per heavy atom. The van der Waals surface area contributed by atoms with Crippen LogP contribution in [0.25, 0.3) is 0 Å². The average molecular weight is 414 g/mol. The molecule has 1 heterocycles. The van der Waals surface area contributed by atoms with Crippen molar-refractivity contribution in [2.45, 2.75) is 19.4 Å². The second kappa shape index (κ2) is 7.92. The van der Waals surface area contributed by atoms with Gasteiger partial charge in [0.25, 0.3) is 0 Å². The van der Waals surface area contributed by atoms with E-state index < -0.39 is 0 Å². The molecule has 21 heavy (non-hydrogen) atoms. The highest BCUT2D eigenvalue weighted by atomic mass is 79.9. The number of halogens is 2. The Morgan fingerprint density at radius 1 is 1.29 bits per heavy atom. The van der Waals surface area contributed by atoms with Crippen LogP contribution < -0.4 is 10.1 Å². The molecular formula is C16H18Br2N2O. The monoisotopic (exact) mass is 412 g/mol. The van der Waals surface area contributed by atoms with Gasteiger partial charge in [-0.3, -0.25) is 4.98 Å². The van der Waals surface area contributed by atoms with Gasteiger partial charge in [0.2, 0.25) is 0 Å². The average Bonchev–Trinajstić information content (AvgIpc) is 2.51. The number of nitrogens with zero attached hydrogens (tertiary/aromatic N) is 1. The van der Waals surface area contributed by atoms with Crippen molar-refractivity contribution in [1.29, 1.82) is 0 Å². The van der Waals surface area contributed by atoms with Crippen LogP contribution in [-0.2, 0) is 0 Å². The fourth-order valence-electron chi connectivity index (χ4n) is 2.17. The van der Waals surface area contributed by atoms with E-state index in [-0.39, 0.29) is 6.04 Å². The van der Waals surface area contributed by atoms with E-state index in [9.17, 15) is 0 Å². The predicted molar refractivity (Wildman–Crippen MR) is 92.8 cm³/mol. The fourth-order valence-corrected chi connectivity index (χ4v) is 3.02. The van der Waals surface area contributed by atoms with Crippen LogP contribution in [0.5, 0.6) is 5.75 Å². The van der Waals surface area contributed by atoms with Crippen LogP contribution in [-0.4, -0.2) is 18.6 Å². The maximum Gasteiger partial charge on any atom is 0.142 e. The molecule has 0 aliphatic carbocycles. The number of rotatable bonds is 6. The minimum atomic E-state index is -0.0204. The first-order valence-electron chi connectivity index (χ1n) is 6.84. The van der Waals surface area contributed by atoms with Gasteiger partial charge in [-0.05, 0) is 48.9 Å². The van der Waals surface area contributed by atoms with E-state index in [1.807, 2.05) is 24.3 Å². The van der Waals surface area contributed by atoms with Gasteiger partial charge >= 0.3 is 0 Å². The van der Waals surface area contributed by atoms with E-state index in [4.69, 9.17) is 4.74 Å². The topological polar surface area (TPSA) is 34.2 Å². The Bertz CT molecular complexity index is 605. The molecule has 0 saturated heterocycles. The van der Waals surface area contributed by atoms with Crippen LogP contribution in [0.3, 0.4) is 0 Å². The second-order valence-corrected chi connectivity index (χ2v) is 6.41. The van der Waals surface area contributed by atoms with Gasteiger partial charge in [0.15, 0.2) is 0 Å². The van der Waals surface area contributed by atoms with E-state index in [0.29, 0.717) is 0 Å². The van der Waals surface area contributed by atoms with Crippen molar-refractivity contribution in [2.24, 2.45) is 0 Å². The van der Waals surface area contributed by atoms with E-state index in [0.717, 1.165) is 38.9 Å². The molecule has 1 aromatic heterocycles. The van der Waals surface area contributed by atoms with Gasteiger partial charge in [-0.25, -0.2) is 0 Å². The zero-order valence-corrected chi connectivity index (χ0v) is 15.2. The molecule has 0 bridgehead atoms. The van der Waals surface area contributed by atoms with Crippen LogP contribution in [0.1, 0.15) is 30.6 Å². The predicted octanol–water partition coefficient (Wildman–Crippen LogP) is 4.70. The molecule has 1 unspecified atom stereocenters. The molecule has 0 fully saturated rings. The lowest BCUT2D eigenvalue weighted by molar-refractivity contribution is 0.399. The minimum absolute atomic E-state index is 0.0204. The third kappa shape index (κ3) is 4.05. The van der Waals surface area contributed by atoms with Gasteiger partial charge in [-0.1, -0.05) is 38.8 Å². The summed E-state index contributed by atoms with van der Waals surface area (Å²) in [6, 6.07) is 9.96. The lowest BCUT2D eigenvalue weighted by Crippen LogP contribution is -2.25. The summed E-state index contributed by atoms with van der Waals surface area (Å²) in [5.41, 5.74) is 2.03. The third-order valence-corrected chi connectivity index (χ3v) is 4.38. The lowest BCUT2D eigenvalue weighted by atomic mass is 10.0. The Kier molecular flexibility index (Phi) is 6.21. The molecule has 3 nitrogen and oxygen atoms in total. The number of hydrogen-bond acceptors (Lipinski definition) is 3. The van der Waals surface area contributed by atoms with Gasteiger partial charge in [0.1, 0.15) is 11.4 Å². The van der Waals surface area contributed by atoms with E-state index in [1.165, 1.54) is 0 Å². The van der Waals surface area contributed by atoms with E-state index in [2.05, 4.69) is 55.2 Å². The molecule has 1 aromatic carbocycles. The summed E-state index contributed by atoms with van der Waals surface area (Å²) in [6.45, 7) is 3.05. The standard InChI is InChI=1S/C16H18Br2N2O/c1-3-8-19-15(12-10-11(17)6-7-13(12)18)16-14(21-2)5-4-9-20-16/h4-7,9-10,15,19H,3,8H2,1-2H3. The molecule has 2 aromatic rings. The molecule has 5 heteroatoms. The van der Waals surface area contributed by atoms with Crippen LogP contribution in [0.4, 0.5) is 0 Å². The molecule has 1 atom stereocenters. The first-order chi connectivity index (χ1) is 10.2. The number of aromatic nitrogens is 1. The third-order valence-electron chi connectivity index (χ3n) is 3.16. The Labute approximate surface area is 142 Å². The van der Waals surface area contributed by atoms with Crippen molar-refractivity contribution in [1.82, 2.24) is 10.3 Å². The van der Waals surface area contributed by atoms with Gasteiger partial charge in [-0.15, -0.1) is 0 Å². The summed E-state index contributed by atoms with van der Waals surface area (Å²) >= 11 is 7.18. The summed E-state index contributed by atoms with van der Waals surface area (Å²) < 4.78 is 7.56. The number of nitrogens with one attached hydrogen (secondary N) is 1. The van der Waals surface area contributed by atoms with Crippen molar-refractivity contribution < 1.29 is 4.74 Å². The van der Waals surface area contributed by atoms with Crippen molar-refractivity contribution in [3.05, 3.63) is 56.7 Å². The highest BCUT2D eigenvalue weighted by Gasteiger charge is 2.21. The maximum atomic E-state index is 5.47. The molecule has 1 N–H and O–H groups in total. The van der Waals surface area contributed by atoms with Gasteiger partial charge in [0.05, 0.1) is 13.2 Å². The number of hydrogen-bond donors (Lipinski definition) is 1. The van der Waals surface area contributed by atoms with Crippen molar-refractivity contribution in [3.8, 4) is 5.75 Å². The van der Waals surface area contributed by atoms with Crippen molar-refractivity contribution in [2.75, 3.05) is 13.7 Å². The molecule has 0 amide bonds. The maximum absolute atomic E-state index is 5.47. The smallest absolute Gasteiger partial charge is 0.142 e. The van der Waals surface area contributed by atoms with Crippen molar-refractivity contribution in [3.63, 3.8) is 0 Å². The number of benzene rings is 1. The Balaban J connectivity index is 2.49. The van der Waals surface area contributed by atoms with Gasteiger partial charge in [0, 0.05) is 15.1 Å². The minimum Gasteiger partial charge on any atom is -0.495 e. The van der Waals surface area contributed by atoms with Crippen LogP contribution >= 0.6 is 31.9 Å². The molecule has 0 spiro atoms. The fraction of sp³-hybridized carbons (Fsp3) is 0.312.